The van der Waals surface area contributed by atoms with Gasteiger partial charge >= 0.3 is 0 Å². The van der Waals surface area contributed by atoms with Crippen molar-refractivity contribution < 1.29 is 9.59 Å². The maximum atomic E-state index is 13.3. The normalized spacial score (nSPS) is 20.3. The number of nitrogens with zero attached hydrogens (tertiary/aromatic N) is 4. The molecule has 1 saturated heterocycles. The van der Waals surface area contributed by atoms with E-state index in [1.54, 1.807) is 0 Å². The van der Waals surface area contributed by atoms with Crippen LogP contribution in [0.3, 0.4) is 0 Å². The quantitative estimate of drug-likeness (QED) is 0.546. The van der Waals surface area contributed by atoms with Crippen LogP contribution >= 0.6 is 0 Å². The predicted molar refractivity (Wildman–Crippen MR) is 119 cm³/mol. The first kappa shape index (κ1) is 24.5. The number of primary amides is 1. The summed E-state index contributed by atoms with van der Waals surface area (Å²) in [6.45, 7) is 11.7. The fourth-order valence-electron chi connectivity index (χ4n) is 4.04. The van der Waals surface area contributed by atoms with Gasteiger partial charge in [-0.1, -0.05) is 34.6 Å². The summed E-state index contributed by atoms with van der Waals surface area (Å²) in [6, 6.07) is 3.50. The van der Waals surface area contributed by atoms with Crippen LogP contribution < -0.4 is 16.4 Å². The SMILES string of the molecule is CCC(CC)N1CCC(C#N)(NC(=O)C(CC(C)(C)C)Nc2nccc(C(N)=O)n2)C1. The zero-order chi connectivity index (χ0) is 23.2. The van der Waals surface area contributed by atoms with E-state index in [2.05, 4.69) is 45.4 Å². The van der Waals surface area contributed by atoms with Crippen molar-refractivity contribution in [2.75, 3.05) is 18.4 Å². The molecule has 2 atom stereocenters. The third-order valence-corrected chi connectivity index (χ3v) is 5.68. The van der Waals surface area contributed by atoms with E-state index < -0.39 is 17.5 Å². The molecular weight excluding hydrogens is 394 g/mol. The predicted octanol–water partition coefficient (Wildman–Crippen LogP) is 2.07. The molecule has 1 aromatic rings. The molecule has 0 aromatic carbocycles. The minimum absolute atomic E-state index is 0.0671. The Hall–Kier alpha value is -2.73. The molecule has 31 heavy (non-hydrogen) atoms. The Morgan fingerprint density at radius 2 is 2.03 bits per heavy atom. The van der Waals surface area contributed by atoms with E-state index in [0.29, 0.717) is 25.4 Å². The molecule has 1 aliphatic heterocycles. The third-order valence-electron chi connectivity index (χ3n) is 5.68. The van der Waals surface area contributed by atoms with Crippen molar-refractivity contribution in [3.8, 4) is 6.07 Å². The second kappa shape index (κ2) is 10.1. The van der Waals surface area contributed by atoms with Crippen LogP contribution in [0.2, 0.25) is 0 Å². The molecule has 2 rings (SSSR count). The van der Waals surface area contributed by atoms with Crippen LogP contribution in [0, 0.1) is 16.7 Å². The van der Waals surface area contributed by atoms with Gasteiger partial charge in [-0.15, -0.1) is 0 Å². The van der Waals surface area contributed by atoms with Crippen molar-refractivity contribution in [1.82, 2.24) is 20.2 Å². The van der Waals surface area contributed by atoms with Gasteiger partial charge in [0, 0.05) is 25.3 Å². The highest BCUT2D eigenvalue weighted by molar-refractivity contribution is 5.91. The number of carbonyl (C=O) groups excluding carboxylic acids is 2. The van der Waals surface area contributed by atoms with Crippen LogP contribution in [0.15, 0.2) is 12.3 Å². The number of amides is 2. The molecule has 0 bridgehead atoms. The number of carbonyl (C=O) groups is 2. The zero-order valence-corrected chi connectivity index (χ0v) is 19.2. The van der Waals surface area contributed by atoms with Crippen LogP contribution in [0.25, 0.3) is 0 Å². The first-order chi connectivity index (χ1) is 14.5. The van der Waals surface area contributed by atoms with E-state index in [1.165, 1.54) is 12.3 Å². The van der Waals surface area contributed by atoms with E-state index in [0.717, 1.165) is 19.4 Å². The molecule has 2 unspecified atom stereocenters. The highest BCUT2D eigenvalue weighted by Crippen LogP contribution is 2.27. The average molecular weight is 430 g/mol. The lowest BCUT2D eigenvalue weighted by Crippen LogP contribution is -2.55. The number of hydrogen-bond donors (Lipinski definition) is 3. The fourth-order valence-corrected chi connectivity index (χ4v) is 4.04. The van der Waals surface area contributed by atoms with Gasteiger partial charge in [0.1, 0.15) is 17.3 Å². The maximum Gasteiger partial charge on any atom is 0.267 e. The van der Waals surface area contributed by atoms with E-state index in [4.69, 9.17) is 5.73 Å². The molecule has 0 spiro atoms. The smallest absolute Gasteiger partial charge is 0.267 e. The van der Waals surface area contributed by atoms with Crippen molar-refractivity contribution in [2.24, 2.45) is 11.1 Å². The standard InChI is InChI=1S/C22H35N7O2/c1-6-15(7-2)29-11-9-22(13-23,14-29)28-19(31)17(12-21(3,4)5)27-20-25-10-8-16(26-20)18(24)30/h8,10,15,17H,6-7,9,11-12,14H2,1-5H3,(H2,24,30)(H,28,31)(H,25,26,27). The van der Waals surface area contributed by atoms with Crippen molar-refractivity contribution >= 4 is 17.8 Å². The number of nitriles is 1. The van der Waals surface area contributed by atoms with Crippen LogP contribution in [0.1, 0.15) is 70.8 Å². The fraction of sp³-hybridized carbons (Fsp3) is 0.682. The van der Waals surface area contributed by atoms with Gasteiger partial charge in [0.15, 0.2) is 0 Å². The molecule has 170 valence electrons. The molecule has 1 aliphatic rings. The van der Waals surface area contributed by atoms with Gasteiger partial charge in [0.05, 0.1) is 6.07 Å². The van der Waals surface area contributed by atoms with Gasteiger partial charge in [-0.2, -0.15) is 5.26 Å². The monoisotopic (exact) mass is 429 g/mol. The van der Waals surface area contributed by atoms with Crippen LogP contribution in [0.5, 0.6) is 0 Å². The van der Waals surface area contributed by atoms with Gasteiger partial charge in [0.2, 0.25) is 11.9 Å². The Balaban J connectivity index is 2.20. The Kier molecular flexibility index (Phi) is 7.96. The Bertz CT molecular complexity index is 826. The second-order valence-electron chi connectivity index (χ2n) is 9.47. The lowest BCUT2D eigenvalue weighted by atomic mass is 9.87. The molecule has 0 aliphatic carbocycles. The molecule has 0 saturated carbocycles. The van der Waals surface area contributed by atoms with Crippen LogP contribution in [-0.2, 0) is 4.79 Å². The van der Waals surface area contributed by atoms with E-state index in [9.17, 15) is 14.9 Å². The van der Waals surface area contributed by atoms with Crippen LogP contribution in [-0.4, -0.2) is 57.4 Å². The Morgan fingerprint density at radius 3 is 2.58 bits per heavy atom. The number of anilines is 1. The molecule has 4 N–H and O–H groups in total. The van der Waals surface area contributed by atoms with Gasteiger partial charge < -0.3 is 16.4 Å². The Morgan fingerprint density at radius 1 is 1.35 bits per heavy atom. The number of aromatic nitrogens is 2. The summed E-state index contributed by atoms with van der Waals surface area (Å²) in [5, 5.41) is 16.0. The molecular formula is C22H35N7O2. The topological polar surface area (TPSA) is 137 Å². The summed E-state index contributed by atoms with van der Waals surface area (Å²) >= 11 is 0. The maximum absolute atomic E-state index is 13.3. The number of rotatable bonds is 9. The summed E-state index contributed by atoms with van der Waals surface area (Å²) in [6.07, 6.45) is 4.51. The molecule has 2 amide bonds. The summed E-state index contributed by atoms with van der Waals surface area (Å²) in [5.41, 5.74) is 4.27. The average Bonchev–Trinajstić information content (AvgIpc) is 3.12. The molecule has 9 heteroatoms. The molecule has 1 fully saturated rings. The van der Waals surface area contributed by atoms with E-state index in [-0.39, 0.29) is 23.0 Å². The van der Waals surface area contributed by atoms with Crippen molar-refractivity contribution in [3.63, 3.8) is 0 Å². The highest BCUT2D eigenvalue weighted by atomic mass is 16.2. The van der Waals surface area contributed by atoms with Crippen LogP contribution in [0.4, 0.5) is 5.95 Å². The minimum atomic E-state index is -0.923. The lowest BCUT2D eigenvalue weighted by molar-refractivity contribution is -0.123. The number of nitrogens with one attached hydrogen (secondary N) is 2. The third kappa shape index (κ3) is 6.62. The van der Waals surface area contributed by atoms with E-state index >= 15 is 0 Å². The number of hydrogen-bond acceptors (Lipinski definition) is 7. The zero-order valence-electron chi connectivity index (χ0n) is 19.2. The van der Waals surface area contributed by atoms with Crippen molar-refractivity contribution in [1.29, 1.82) is 5.26 Å². The first-order valence-electron chi connectivity index (χ1n) is 10.9. The summed E-state index contributed by atoms with van der Waals surface area (Å²) in [4.78, 5) is 35.2. The first-order valence-corrected chi connectivity index (χ1v) is 10.9. The van der Waals surface area contributed by atoms with Gasteiger partial charge in [-0.3, -0.25) is 14.5 Å². The molecule has 9 nitrogen and oxygen atoms in total. The van der Waals surface area contributed by atoms with Gasteiger partial charge in [-0.25, -0.2) is 9.97 Å². The molecule has 0 radical (unpaired) electrons. The van der Waals surface area contributed by atoms with Crippen molar-refractivity contribution in [2.45, 2.75) is 77.9 Å². The van der Waals surface area contributed by atoms with Gasteiger partial charge in [-0.05, 0) is 37.2 Å². The van der Waals surface area contributed by atoms with Crippen molar-refractivity contribution in [3.05, 3.63) is 18.0 Å². The lowest BCUT2D eigenvalue weighted by Gasteiger charge is -2.31. The molecule has 2 heterocycles. The van der Waals surface area contributed by atoms with Gasteiger partial charge in [0.25, 0.3) is 5.91 Å². The van der Waals surface area contributed by atoms with E-state index in [1.807, 2.05) is 20.8 Å². The largest absolute Gasteiger partial charge is 0.364 e. The highest BCUT2D eigenvalue weighted by Gasteiger charge is 2.42. The summed E-state index contributed by atoms with van der Waals surface area (Å²) < 4.78 is 0. The number of nitrogens with two attached hydrogens (primary N) is 1. The summed E-state index contributed by atoms with van der Waals surface area (Å²) in [5.74, 6) is -0.800. The Labute approximate surface area is 184 Å². The summed E-state index contributed by atoms with van der Waals surface area (Å²) in [7, 11) is 0. The number of likely N-dealkylation sites (tertiary alicyclic amines) is 1. The molecule has 1 aromatic heterocycles. The second-order valence-corrected chi connectivity index (χ2v) is 9.47. The minimum Gasteiger partial charge on any atom is -0.364 e.